The van der Waals surface area contributed by atoms with E-state index in [9.17, 15) is 4.79 Å². The van der Waals surface area contributed by atoms with Crippen LogP contribution in [-0.4, -0.2) is 38.4 Å². The summed E-state index contributed by atoms with van der Waals surface area (Å²) in [5.74, 6) is 1.38. The zero-order chi connectivity index (χ0) is 19.0. The molecule has 1 aliphatic heterocycles. The summed E-state index contributed by atoms with van der Waals surface area (Å²) in [5, 5.41) is 8.26. The molecule has 0 saturated carbocycles. The lowest BCUT2D eigenvalue weighted by Crippen LogP contribution is -2.33. The first-order chi connectivity index (χ1) is 13.1. The van der Waals surface area contributed by atoms with Gasteiger partial charge < -0.3 is 10.1 Å². The molecule has 4 rings (SSSR count). The summed E-state index contributed by atoms with van der Waals surface area (Å²) < 4.78 is 7.38. The number of aromatic nitrogens is 4. The van der Waals surface area contributed by atoms with Crippen LogP contribution in [-0.2, 0) is 11.2 Å². The summed E-state index contributed by atoms with van der Waals surface area (Å²) in [6.45, 7) is 4.46. The molecule has 0 fully saturated rings. The Labute approximate surface area is 161 Å². The predicted octanol–water partition coefficient (Wildman–Crippen LogP) is 2.65. The van der Waals surface area contributed by atoms with Crippen molar-refractivity contribution in [2.75, 3.05) is 12.9 Å². The fraction of sp³-hybridized carbons (Fsp3) is 0.368. The van der Waals surface area contributed by atoms with Crippen molar-refractivity contribution in [1.82, 2.24) is 24.9 Å². The predicted molar refractivity (Wildman–Crippen MR) is 103 cm³/mol. The Balaban J connectivity index is 1.57. The minimum atomic E-state index is -0.0331. The summed E-state index contributed by atoms with van der Waals surface area (Å²) >= 11 is 1.47. The van der Waals surface area contributed by atoms with E-state index in [1.165, 1.54) is 11.8 Å². The molecule has 1 aromatic carbocycles. The molecule has 3 aromatic rings. The van der Waals surface area contributed by atoms with Gasteiger partial charge in [-0.05, 0) is 26.2 Å². The average molecular weight is 383 g/mol. The third-order valence-corrected chi connectivity index (χ3v) is 5.38. The number of benzene rings is 1. The quantitative estimate of drug-likeness (QED) is 0.698. The number of rotatable bonds is 4. The Morgan fingerprint density at radius 3 is 2.96 bits per heavy atom. The van der Waals surface area contributed by atoms with Crippen molar-refractivity contribution in [3.05, 3.63) is 46.8 Å². The van der Waals surface area contributed by atoms with Crippen LogP contribution < -0.4 is 10.1 Å². The van der Waals surface area contributed by atoms with E-state index in [0.29, 0.717) is 17.5 Å². The van der Waals surface area contributed by atoms with Crippen molar-refractivity contribution in [2.24, 2.45) is 0 Å². The molecule has 2 aromatic heterocycles. The van der Waals surface area contributed by atoms with Crippen LogP contribution in [0.15, 0.2) is 29.4 Å². The van der Waals surface area contributed by atoms with E-state index < -0.39 is 0 Å². The van der Waals surface area contributed by atoms with Gasteiger partial charge >= 0.3 is 0 Å². The van der Waals surface area contributed by atoms with Crippen molar-refractivity contribution in [1.29, 1.82) is 0 Å². The third-order valence-electron chi connectivity index (χ3n) is 4.84. The SMILES string of the molecule is CSc1nc2nc(C)c(CC(=O)N[C@@H]3CCOc4ccccc43)c(C)n2n1. The number of hydrogen-bond donors (Lipinski definition) is 1. The number of thioether (sulfide) groups is 1. The summed E-state index contributed by atoms with van der Waals surface area (Å²) in [6.07, 6.45) is 2.95. The van der Waals surface area contributed by atoms with E-state index in [2.05, 4.69) is 20.4 Å². The molecule has 7 nitrogen and oxygen atoms in total. The maximum absolute atomic E-state index is 12.8. The van der Waals surface area contributed by atoms with Gasteiger partial charge in [0.15, 0.2) is 0 Å². The van der Waals surface area contributed by atoms with Crippen molar-refractivity contribution in [2.45, 2.75) is 37.9 Å². The fourth-order valence-electron chi connectivity index (χ4n) is 3.43. The summed E-state index contributed by atoms with van der Waals surface area (Å²) in [4.78, 5) is 21.7. The molecule has 0 unspecified atom stereocenters. The fourth-order valence-corrected chi connectivity index (χ4v) is 3.77. The number of amides is 1. The van der Waals surface area contributed by atoms with Crippen LogP contribution in [0.5, 0.6) is 5.75 Å². The maximum atomic E-state index is 12.8. The van der Waals surface area contributed by atoms with Gasteiger partial charge in [0.05, 0.1) is 19.1 Å². The maximum Gasteiger partial charge on any atom is 0.253 e. The Hall–Kier alpha value is -2.61. The van der Waals surface area contributed by atoms with E-state index in [0.717, 1.165) is 34.7 Å². The van der Waals surface area contributed by atoms with Crippen LogP contribution in [0.4, 0.5) is 0 Å². The third kappa shape index (κ3) is 3.37. The first-order valence-electron chi connectivity index (χ1n) is 8.84. The molecule has 1 atom stereocenters. The van der Waals surface area contributed by atoms with Crippen molar-refractivity contribution < 1.29 is 9.53 Å². The van der Waals surface area contributed by atoms with E-state index in [4.69, 9.17) is 4.74 Å². The number of para-hydroxylation sites is 1. The molecule has 1 aliphatic rings. The largest absolute Gasteiger partial charge is 0.493 e. The molecule has 27 heavy (non-hydrogen) atoms. The number of aryl methyl sites for hydroxylation is 2. The van der Waals surface area contributed by atoms with E-state index in [1.807, 2.05) is 44.4 Å². The number of nitrogens with zero attached hydrogens (tertiary/aromatic N) is 4. The second kappa shape index (κ2) is 7.19. The second-order valence-corrected chi connectivity index (χ2v) is 7.32. The van der Waals surface area contributed by atoms with Crippen LogP contribution in [0.1, 0.15) is 35.0 Å². The van der Waals surface area contributed by atoms with Crippen LogP contribution in [0.3, 0.4) is 0 Å². The molecule has 1 N–H and O–H groups in total. The molecule has 0 radical (unpaired) electrons. The van der Waals surface area contributed by atoms with Gasteiger partial charge in [-0.1, -0.05) is 30.0 Å². The standard InChI is InChI=1S/C19H21N5O2S/c1-11-14(12(2)24-18(20-11)22-19(23-24)27-3)10-17(25)21-15-8-9-26-16-7-5-4-6-13(15)16/h4-7,15H,8-10H2,1-3H3,(H,21,25)/t15-/m1/s1. The Bertz CT molecular complexity index is 1020. The molecule has 0 bridgehead atoms. The number of fused-ring (bicyclic) bond motifs is 2. The molecular weight excluding hydrogens is 362 g/mol. The minimum absolute atomic E-state index is 0.0331. The zero-order valence-electron chi connectivity index (χ0n) is 15.5. The van der Waals surface area contributed by atoms with Gasteiger partial charge in [-0.15, -0.1) is 5.10 Å². The zero-order valence-corrected chi connectivity index (χ0v) is 16.3. The van der Waals surface area contributed by atoms with Crippen LogP contribution >= 0.6 is 11.8 Å². The highest BCUT2D eigenvalue weighted by atomic mass is 32.2. The van der Waals surface area contributed by atoms with E-state index in [-0.39, 0.29) is 18.4 Å². The number of nitrogens with one attached hydrogen (secondary N) is 1. The minimum Gasteiger partial charge on any atom is -0.493 e. The molecule has 0 saturated heterocycles. The number of carbonyl (C=O) groups is 1. The normalized spacial score (nSPS) is 16.0. The van der Waals surface area contributed by atoms with E-state index in [1.54, 1.807) is 4.52 Å². The van der Waals surface area contributed by atoms with Gasteiger partial charge in [0.2, 0.25) is 11.1 Å². The average Bonchev–Trinajstić information content (AvgIpc) is 3.09. The summed E-state index contributed by atoms with van der Waals surface area (Å²) in [5.41, 5.74) is 3.62. The second-order valence-electron chi connectivity index (χ2n) is 6.54. The first kappa shape index (κ1) is 17.8. The summed E-state index contributed by atoms with van der Waals surface area (Å²) in [6, 6.07) is 7.82. The van der Waals surface area contributed by atoms with Crippen LogP contribution in [0.2, 0.25) is 0 Å². The number of carbonyl (C=O) groups excluding carboxylic acids is 1. The highest BCUT2D eigenvalue weighted by molar-refractivity contribution is 7.98. The van der Waals surface area contributed by atoms with Crippen molar-refractivity contribution in [3.63, 3.8) is 0 Å². The van der Waals surface area contributed by atoms with Gasteiger partial charge in [0.1, 0.15) is 5.75 Å². The van der Waals surface area contributed by atoms with Crippen molar-refractivity contribution in [3.8, 4) is 5.75 Å². The highest BCUT2D eigenvalue weighted by Crippen LogP contribution is 2.31. The monoisotopic (exact) mass is 383 g/mol. The number of ether oxygens (including phenoxy) is 1. The Kier molecular flexibility index (Phi) is 4.73. The molecule has 0 aliphatic carbocycles. The van der Waals surface area contributed by atoms with Gasteiger partial charge in [0.25, 0.3) is 5.78 Å². The van der Waals surface area contributed by atoms with Gasteiger partial charge in [-0.3, -0.25) is 4.79 Å². The smallest absolute Gasteiger partial charge is 0.253 e. The van der Waals surface area contributed by atoms with Crippen molar-refractivity contribution >= 4 is 23.4 Å². The summed E-state index contributed by atoms with van der Waals surface area (Å²) in [7, 11) is 0. The Morgan fingerprint density at radius 1 is 1.33 bits per heavy atom. The Morgan fingerprint density at radius 2 is 2.15 bits per heavy atom. The topological polar surface area (TPSA) is 81.4 Å². The lowest BCUT2D eigenvalue weighted by Gasteiger charge is -2.26. The molecule has 140 valence electrons. The van der Waals surface area contributed by atoms with E-state index >= 15 is 0 Å². The lowest BCUT2D eigenvalue weighted by molar-refractivity contribution is -0.121. The van der Waals surface area contributed by atoms with Gasteiger partial charge in [0, 0.05) is 28.9 Å². The first-order valence-corrected chi connectivity index (χ1v) is 10.1. The van der Waals surface area contributed by atoms with Gasteiger partial charge in [-0.2, -0.15) is 4.98 Å². The molecule has 3 heterocycles. The highest BCUT2D eigenvalue weighted by Gasteiger charge is 2.23. The molecule has 0 spiro atoms. The van der Waals surface area contributed by atoms with Gasteiger partial charge in [-0.25, -0.2) is 9.50 Å². The van der Waals surface area contributed by atoms with Crippen LogP contribution in [0, 0.1) is 13.8 Å². The lowest BCUT2D eigenvalue weighted by atomic mass is 10.00. The molecule has 1 amide bonds. The van der Waals surface area contributed by atoms with Crippen LogP contribution in [0.25, 0.3) is 5.78 Å². The molecule has 8 heteroatoms. The number of hydrogen-bond acceptors (Lipinski definition) is 6. The molecular formula is C19H21N5O2S.